The maximum Gasteiger partial charge on any atom is 0.295 e. The van der Waals surface area contributed by atoms with Crippen molar-refractivity contribution >= 4 is 17.4 Å². The summed E-state index contributed by atoms with van der Waals surface area (Å²) in [5.74, 6) is -0.123. The molecule has 3 aromatic rings. The smallest absolute Gasteiger partial charge is 0.295 e. The van der Waals surface area contributed by atoms with E-state index in [0.717, 1.165) is 5.56 Å². The van der Waals surface area contributed by atoms with Gasteiger partial charge in [0.05, 0.1) is 31.9 Å². The molecular weight excluding hydrogens is 486 g/mol. The first-order chi connectivity index (χ1) is 18.5. The van der Waals surface area contributed by atoms with Gasteiger partial charge in [0.15, 0.2) is 11.5 Å². The number of likely N-dealkylation sites (tertiary alicyclic amines) is 1. The van der Waals surface area contributed by atoms with Crippen molar-refractivity contribution in [1.82, 2.24) is 4.90 Å². The number of carbonyl (C=O) groups is 2. The molecule has 1 aliphatic rings. The Morgan fingerprint density at radius 1 is 0.921 bits per heavy atom. The van der Waals surface area contributed by atoms with Gasteiger partial charge in [-0.2, -0.15) is 0 Å². The molecule has 4 rings (SSSR count). The lowest BCUT2D eigenvalue weighted by atomic mass is 9.95. The van der Waals surface area contributed by atoms with Crippen molar-refractivity contribution in [2.24, 2.45) is 0 Å². The van der Waals surface area contributed by atoms with Gasteiger partial charge in [0.1, 0.15) is 18.1 Å². The lowest BCUT2D eigenvalue weighted by molar-refractivity contribution is -0.140. The lowest BCUT2D eigenvalue weighted by Gasteiger charge is -2.26. The molecule has 0 saturated carbocycles. The number of aliphatic hydroxyl groups excluding tert-OH is 1. The number of ether oxygens (including phenoxy) is 4. The second-order valence-corrected chi connectivity index (χ2v) is 8.63. The standard InChI is InChI=1S/C30H31NO7/c1-4-37-25-18-22(12-15-24(25)38-19-20-8-6-5-7-9-20)27-26(29(33)30(34)31(27)16-17-35-2)28(32)21-10-13-23(36-3)14-11-21/h5-15,18,27,32H,4,16-17,19H2,1-3H3. The number of nitrogens with zero attached hydrogens (tertiary/aromatic N) is 1. The highest BCUT2D eigenvalue weighted by atomic mass is 16.5. The molecule has 38 heavy (non-hydrogen) atoms. The molecule has 0 bridgehead atoms. The number of carbonyl (C=O) groups excluding carboxylic acids is 2. The van der Waals surface area contributed by atoms with Crippen molar-refractivity contribution < 1.29 is 33.6 Å². The van der Waals surface area contributed by atoms with Gasteiger partial charge in [0.2, 0.25) is 0 Å². The zero-order chi connectivity index (χ0) is 27.1. The molecule has 1 heterocycles. The predicted molar refractivity (Wildman–Crippen MR) is 142 cm³/mol. The van der Waals surface area contributed by atoms with E-state index >= 15 is 0 Å². The maximum absolute atomic E-state index is 13.2. The summed E-state index contributed by atoms with van der Waals surface area (Å²) in [6.07, 6.45) is 0. The van der Waals surface area contributed by atoms with Crippen LogP contribution in [0.15, 0.2) is 78.4 Å². The number of ketones is 1. The van der Waals surface area contributed by atoms with E-state index in [0.29, 0.717) is 41.6 Å². The van der Waals surface area contributed by atoms with Gasteiger partial charge in [0.25, 0.3) is 11.7 Å². The summed E-state index contributed by atoms with van der Waals surface area (Å²) in [6, 6.07) is 20.8. The molecule has 1 amide bonds. The van der Waals surface area contributed by atoms with E-state index in [1.807, 2.05) is 37.3 Å². The molecule has 1 N–H and O–H groups in total. The van der Waals surface area contributed by atoms with Crippen molar-refractivity contribution in [3.63, 3.8) is 0 Å². The zero-order valence-electron chi connectivity index (χ0n) is 21.7. The summed E-state index contributed by atoms with van der Waals surface area (Å²) in [4.78, 5) is 27.7. The second kappa shape index (κ2) is 12.3. The number of rotatable bonds is 11. The minimum absolute atomic E-state index is 0.00308. The van der Waals surface area contributed by atoms with E-state index in [2.05, 4.69) is 0 Å². The van der Waals surface area contributed by atoms with Crippen LogP contribution in [-0.4, -0.2) is 55.7 Å². The minimum atomic E-state index is -0.838. The normalized spacial score (nSPS) is 16.5. The van der Waals surface area contributed by atoms with Crippen LogP contribution in [0.25, 0.3) is 5.76 Å². The molecule has 1 atom stereocenters. The van der Waals surface area contributed by atoms with Gasteiger partial charge in [-0.1, -0.05) is 36.4 Å². The van der Waals surface area contributed by atoms with Crippen LogP contribution in [0.4, 0.5) is 0 Å². The summed E-state index contributed by atoms with van der Waals surface area (Å²) in [5, 5.41) is 11.2. The monoisotopic (exact) mass is 517 g/mol. The SMILES string of the molecule is CCOc1cc(C2C(=C(O)c3ccc(OC)cc3)C(=O)C(=O)N2CCOC)ccc1OCc1ccccc1. The van der Waals surface area contributed by atoms with Crippen LogP contribution in [0, 0.1) is 0 Å². The van der Waals surface area contributed by atoms with Gasteiger partial charge >= 0.3 is 0 Å². The first-order valence-electron chi connectivity index (χ1n) is 12.3. The fourth-order valence-electron chi connectivity index (χ4n) is 4.37. The Kier molecular flexibility index (Phi) is 8.66. The number of Topliss-reactive ketones (excluding diaryl/α,β-unsaturated/α-hetero) is 1. The van der Waals surface area contributed by atoms with Gasteiger partial charge in [-0.3, -0.25) is 9.59 Å². The first-order valence-corrected chi connectivity index (χ1v) is 12.3. The summed E-state index contributed by atoms with van der Waals surface area (Å²) in [6.45, 7) is 3.00. The van der Waals surface area contributed by atoms with Crippen LogP contribution in [0.1, 0.15) is 29.7 Å². The Bertz CT molecular complexity index is 1300. The first kappa shape index (κ1) is 26.8. The van der Waals surface area contributed by atoms with Crippen LogP contribution in [0.3, 0.4) is 0 Å². The summed E-state index contributed by atoms with van der Waals surface area (Å²) in [5.41, 5.74) is 2.00. The van der Waals surface area contributed by atoms with Crippen molar-refractivity contribution in [1.29, 1.82) is 0 Å². The summed E-state index contributed by atoms with van der Waals surface area (Å²) in [7, 11) is 3.06. The molecule has 0 aromatic heterocycles. The fourth-order valence-corrected chi connectivity index (χ4v) is 4.37. The van der Waals surface area contributed by atoms with Crippen LogP contribution in [-0.2, 0) is 20.9 Å². The van der Waals surface area contributed by atoms with E-state index < -0.39 is 17.7 Å². The molecule has 1 saturated heterocycles. The molecule has 1 unspecified atom stereocenters. The highest BCUT2D eigenvalue weighted by Crippen LogP contribution is 2.42. The van der Waals surface area contributed by atoms with Crippen molar-refractivity contribution in [2.45, 2.75) is 19.6 Å². The lowest BCUT2D eigenvalue weighted by Crippen LogP contribution is -2.32. The predicted octanol–water partition coefficient (Wildman–Crippen LogP) is 4.74. The fraction of sp³-hybridized carbons (Fsp3) is 0.267. The molecular formula is C30H31NO7. The quantitative estimate of drug-likeness (QED) is 0.223. The van der Waals surface area contributed by atoms with Crippen LogP contribution >= 0.6 is 0 Å². The third-order valence-electron chi connectivity index (χ3n) is 6.26. The topological polar surface area (TPSA) is 94.5 Å². The number of hydrogen-bond acceptors (Lipinski definition) is 7. The number of methoxy groups -OCH3 is 2. The Labute approximate surface area is 222 Å². The summed E-state index contributed by atoms with van der Waals surface area (Å²) >= 11 is 0. The average Bonchev–Trinajstić information content (AvgIpc) is 3.20. The zero-order valence-corrected chi connectivity index (χ0v) is 21.7. The minimum Gasteiger partial charge on any atom is -0.507 e. The number of aliphatic hydroxyl groups is 1. The molecule has 1 fully saturated rings. The molecule has 3 aromatic carbocycles. The maximum atomic E-state index is 13.2. The van der Waals surface area contributed by atoms with Gasteiger partial charge in [-0.15, -0.1) is 0 Å². The Hall–Kier alpha value is -4.30. The highest BCUT2D eigenvalue weighted by molar-refractivity contribution is 6.46. The van der Waals surface area contributed by atoms with Crippen LogP contribution < -0.4 is 14.2 Å². The Balaban J connectivity index is 1.76. The molecule has 0 spiro atoms. The van der Waals surface area contributed by atoms with E-state index in [1.54, 1.807) is 49.6 Å². The van der Waals surface area contributed by atoms with E-state index in [9.17, 15) is 14.7 Å². The van der Waals surface area contributed by atoms with E-state index in [-0.39, 0.29) is 24.5 Å². The molecule has 0 radical (unpaired) electrons. The van der Waals surface area contributed by atoms with Gasteiger partial charge < -0.3 is 29.0 Å². The molecule has 8 nitrogen and oxygen atoms in total. The van der Waals surface area contributed by atoms with Gasteiger partial charge in [-0.05, 0) is 54.4 Å². The number of hydrogen-bond donors (Lipinski definition) is 1. The van der Waals surface area contributed by atoms with Gasteiger partial charge in [0, 0.05) is 19.2 Å². The van der Waals surface area contributed by atoms with Crippen LogP contribution in [0.2, 0.25) is 0 Å². The molecule has 1 aliphatic heterocycles. The molecule has 0 aliphatic carbocycles. The Morgan fingerprint density at radius 3 is 2.32 bits per heavy atom. The average molecular weight is 518 g/mol. The third kappa shape index (κ3) is 5.65. The van der Waals surface area contributed by atoms with Crippen molar-refractivity contribution in [3.8, 4) is 17.2 Å². The highest BCUT2D eigenvalue weighted by Gasteiger charge is 2.46. The number of benzene rings is 3. The van der Waals surface area contributed by atoms with Crippen molar-refractivity contribution in [3.05, 3.63) is 95.1 Å². The third-order valence-corrected chi connectivity index (χ3v) is 6.26. The van der Waals surface area contributed by atoms with E-state index in [1.165, 1.54) is 12.0 Å². The largest absolute Gasteiger partial charge is 0.507 e. The summed E-state index contributed by atoms with van der Waals surface area (Å²) < 4.78 is 22.3. The Morgan fingerprint density at radius 2 is 1.66 bits per heavy atom. The second-order valence-electron chi connectivity index (χ2n) is 8.63. The van der Waals surface area contributed by atoms with Gasteiger partial charge in [-0.25, -0.2) is 0 Å². The van der Waals surface area contributed by atoms with E-state index in [4.69, 9.17) is 18.9 Å². The molecule has 8 heteroatoms. The molecule has 198 valence electrons. The van der Waals surface area contributed by atoms with Crippen molar-refractivity contribution in [2.75, 3.05) is 34.0 Å². The van der Waals surface area contributed by atoms with Crippen LogP contribution in [0.5, 0.6) is 17.2 Å². The number of amides is 1.